The van der Waals surface area contributed by atoms with Crippen LogP contribution >= 0.6 is 0 Å². The van der Waals surface area contributed by atoms with Gasteiger partial charge in [-0.1, -0.05) is 6.92 Å². The monoisotopic (exact) mass is 322 g/mol. The van der Waals surface area contributed by atoms with Crippen LogP contribution in [0.5, 0.6) is 0 Å². The van der Waals surface area contributed by atoms with Crippen molar-refractivity contribution in [2.75, 3.05) is 24.5 Å². The molecule has 8 nitrogen and oxygen atoms in total. The minimum atomic E-state index is -3.67. The van der Waals surface area contributed by atoms with Crippen LogP contribution in [0.4, 0.5) is 5.82 Å². The van der Waals surface area contributed by atoms with Gasteiger partial charge in [0.05, 0.1) is 10.9 Å². The molecule has 2 aliphatic rings. The lowest BCUT2D eigenvalue weighted by atomic mass is 10.1. The van der Waals surface area contributed by atoms with Crippen LogP contribution < -0.4 is 10.0 Å². The fourth-order valence-electron chi connectivity index (χ4n) is 3.63. The largest absolute Gasteiger partial charge is 0.353 e. The molecule has 0 amide bonds. The van der Waals surface area contributed by atoms with Crippen molar-refractivity contribution in [1.29, 1.82) is 0 Å². The van der Waals surface area contributed by atoms with Gasteiger partial charge in [-0.05, 0) is 18.4 Å². The standard InChI is InChI=1S/C13H18N6O2S/c1-9-6-13(9)7-18(4-5-19(13)22(14,20)21)12-10-2-3-15-11(10)16-8-17-12/h2-3,8-9H,4-7H2,1H3,(H2,14,20,21)(H,15,16,17). The van der Waals surface area contributed by atoms with Crippen molar-refractivity contribution >= 4 is 27.1 Å². The molecule has 2 fully saturated rings. The number of nitrogens with zero attached hydrogens (tertiary/aromatic N) is 4. The normalized spacial score (nSPS) is 29.4. The molecule has 3 N–H and O–H groups in total. The fraction of sp³-hybridized carbons (Fsp3) is 0.538. The number of fused-ring (bicyclic) bond motifs is 1. The zero-order chi connectivity index (χ0) is 15.5. The quantitative estimate of drug-likeness (QED) is 0.813. The molecule has 2 aromatic heterocycles. The molecule has 0 aromatic carbocycles. The maximum absolute atomic E-state index is 11.9. The van der Waals surface area contributed by atoms with Crippen LogP contribution in [0.15, 0.2) is 18.6 Å². The highest BCUT2D eigenvalue weighted by Gasteiger charge is 2.61. The van der Waals surface area contributed by atoms with Crippen LogP contribution in [0.2, 0.25) is 0 Å². The van der Waals surface area contributed by atoms with E-state index in [0.717, 1.165) is 23.3 Å². The molecule has 1 saturated heterocycles. The Morgan fingerprint density at radius 1 is 1.41 bits per heavy atom. The van der Waals surface area contributed by atoms with Crippen molar-refractivity contribution in [1.82, 2.24) is 19.3 Å². The molecule has 1 spiro atoms. The first-order valence-electron chi connectivity index (χ1n) is 7.25. The summed E-state index contributed by atoms with van der Waals surface area (Å²) >= 11 is 0. The number of hydrogen-bond acceptors (Lipinski definition) is 5. The van der Waals surface area contributed by atoms with Crippen LogP contribution in [0.3, 0.4) is 0 Å². The van der Waals surface area contributed by atoms with Gasteiger partial charge in [0.1, 0.15) is 17.8 Å². The lowest BCUT2D eigenvalue weighted by molar-refractivity contribution is 0.255. The Bertz CT molecular complexity index is 834. The third-order valence-electron chi connectivity index (χ3n) is 4.89. The highest BCUT2D eigenvalue weighted by atomic mass is 32.2. The van der Waals surface area contributed by atoms with E-state index in [1.54, 1.807) is 0 Å². The van der Waals surface area contributed by atoms with Crippen molar-refractivity contribution in [2.45, 2.75) is 18.9 Å². The van der Waals surface area contributed by atoms with Gasteiger partial charge in [0, 0.05) is 25.8 Å². The van der Waals surface area contributed by atoms with Crippen LogP contribution in [-0.2, 0) is 10.2 Å². The van der Waals surface area contributed by atoms with Crippen LogP contribution in [0.1, 0.15) is 13.3 Å². The zero-order valence-electron chi connectivity index (χ0n) is 12.2. The first-order chi connectivity index (χ1) is 10.4. The molecule has 3 heterocycles. The van der Waals surface area contributed by atoms with Crippen molar-refractivity contribution in [2.24, 2.45) is 11.1 Å². The number of nitrogens with one attached hydrogen (secondary N) is 1. The molecule has 2 aromatic rings. The van der Waals surface area contributed by atoms with E-state index in [1.165, 1.54) is 10.6 Å². The number of H-pyrrole nitrogens is 1. The molecule has 22 heavy (non-hydrogen) atoms. The Morgan fingerprint density at radius 3 is 2.86 bits per heavy atom. The number of anilines is 1. The summed E-state index contributed by atoms with van der Waals surface area (Å²) in [5, 5.41) is 6.35. The molecular weight excluding hydrogens is 304 g/mol. The molecule has 4 rings (SSSR count). The highest BCUT2D eigenvalue weighted by Crippen LogP contribution is 2.51. The van der Waals surface area contributed by atoms with Crippen LogP contribution in [0.25, 0.3) is 11.0 Å². The number of aromatic nitrogens is 3. The topological polar surface area (TPSA) is 108 Å². The Morgan fingerprint density at radius 2 is 2.18 bits per heavy atom. The van der Waals surface area contributed by atoms with Crippen LogP contribution in [-0.4, -0.2) is 52.8 Å². The fourth-order valence-corrected chi connectivity index (χ4v) is 4.79. The van der Waals surface area contributed by atoms with E-state index in [1.807, 2.05) is 12.3 Å². The summed E-state index contributed by atoms with van der Waals surface area (Å²) in [6, 6.07) is 1.94. The van der Waals surface area contributed by atoms with Crippen molar-refractivity contribution in [3.8, 4) is 0 Å². The van der Waals surface area contributed by atoms with E-state index in [9.17, 15) is 8.42 Å². The lowest BCUT2D eigenvalue weighted by Gasteiger charge is -2.41. The average molecular weight is 322 g/mol. The molecule has 1 aliphatic heterocycles. The predicted octanol–water partition coefficient (Wildman–Crippen LogP) is 0.0620. The molecule has 1 saturated carbocycles. The molecule has 118 valence electrons. The first kappa shape index (κ1) is 13.9. The smallest absolute Gasteiger partial charge is 0.277 e. The number of aromatic amines is 1. The summed E-state index contributed by atoms with van der Waals surface area (Å²) in [6.45, 7) is 3.64. The second-order valence-corrected chi connectivity index (χ2v) is 7.66. The summed E-state index contributed by atoms with van der Waals surface area (Å²) in [5.74, 6) is 1.15. The molecule has 1 aliphatic carbocycles. The van der Waals surface area contributed by atoms with Gasteiger partial charge in [0.15, 0.2) is 0 Å². The summed E-state index contributed by atoms with van der Waals surface area (Å²) in [7, 11) is -3.67. The Labute approximate surface area is 128 Å². The molecular formula is C13H18N6O2S. The van der Waals surface area contributed by atoms with Gasteiger partial charge in [-0.15, -0.1) is 0 Å². The summed E-state index contributed by atoms with van der Waals surface area (Å²) in [6.07, 6.45) is 4.20. The third kappa shape index (κ3) is 1.93. The van der Waals surface area contributed by atoms with Gasteiger partial charge in [0.25, 0.3) is 10.2 Å². The van der Waals surface area contributed by atoms with Crippen LogP contribution in [0, 0.1) is 5.92 Å². The van der Waals surface area contributed by atoms with E-state index in [0.29, 0.717) is 25.6 Å². The van der Waals surface area contributed by atoms with Crippen molar-refractivity contribution in [3.05, 3.63) is 18.6 Å². The van der Waals surface area contributed by atoms with Gasteiger partial charge in [-0.25, -0.2) is 15.1 Å². The predicted molar refractivity (Wildman–Crippen MR) is 82.4 cm³/mol. The molecule has 0 radical (unpaired) electrons. The molecule has 9 heteroatoms. The van der Waals surface area contributed by atoms with Gasteiger partial charge < -0.3 is 9.88 Å². The number of rotatable bonds is 2. The highest BCUT2D eigenvalue weighted by molar-refractivity contribution is 7.86. The minimum absolute atomic E-state index is 0.303. The summed E-state index contributed by atoms with van der Waals surface area (Å²) in [4.78, 5) is 13.8. The Kier molecular flexibility index (Phi) is 2.78. The van der Waals surface area contributed by atoms with E-state index >= 15 is 0 Å². The minimum Gasteiger partial charge on any atom is -0.353 e. The maximum Gasteiger partial charge on any atom is 0.277 e. The summed E-state index contributed by atoms with van der Waals surface area (Å²) < 4.78 is 25.2. The number of nitrogens with two attached hydrogens (primary N) is 1. The van der Waals surface area contributed by atoms with Gasteiger partial charge in [0.2, 0.25) is 0 Å². The third-order valence-corrected chi connectivity index (χ3v) is 6.05. The Hall–Kier alpha value is -1.71. The number of hydrogen-bond donors (Lipinski definition) is 2. The zero-order valence-corrected chi connectivity index (χ0v) is 13.0. The van der Waals surface area contributed by atoms with E-state index in [4.69, 9.17) is 5.14 Å². The van der Waals surface area contributed by atoms with E-state index < -0.39 is 10.2 Å². The molecule has 2 unspecified atom stereocenters. The van der Waals surface area contributed by atoms with E-state index in [2.05, 4.69) is 26.8 Å². The lowest BCUT2D eigenvalue weighted by Crippen LogP contribution is -2.59. The Balaban J connectivity index is 1.71. The van der Waals surface area contributed by atoms with Crippen molar-refractivity contribution in [3.63, 3.8) is 0 Å². The second-order valence-electron chi connectivity index (χ2n) is 6.18. The van der Waals surface area contributed by atoms with Crippen molar-refractivity contribution < 1.29 is 8.42 Å². The molecule has 2 atom stereocenters. The maximum atomic E-state index is 11.9. The SMILES string of the molecule is CC1CC12CN(c1ncnc3[nH]ccc13)CCN2S(N)(=O)=O. The summed E-state index contributed by atoms with van der Waals surface area (Å²) in [5.41, 5.74) is 0.399. The van der Waals surface area contributed by atoms with E-state index in [-0.39, 0.29) is 5.54 Å². The first-order valence-corrected chi connectivity index (χ1v) is 8.76. The second kappa shape index (κ2) is 4.40. The average Bonchev–Trinajstić information content (AvgIpc) is 2.89. The van der Waals surface area contributed by atoms with Gasteiger partial charge in [-0.3, -0.25) is 0 Å². The van der Waals surface area contributed by atoms with Gasteiger partial charge >= 0.3 is 0 Å². The number of piperazine rings is 1. The van der Waals surface area contributed by atoms with Gasteiger partial charge in [-0.2, -0.15) is 12.7 Å². The molecule has 0 bridgehead atoms.